The second kappa shape index (κ2) is 2.85. The highest BCUT2D eigenvalue weighted by Crippen LogP contribution is 2.26. The molecule has 2 aromatic rings. The highest BCUT2D eigenvalue weighted by molar-refractivity contribution is 7.80. The zero-order chi connectivity index (χ0) is 9.54. The lowest BCUT2D eigenvalue weighted by atomic mass is 10.1. The summed E-state index contributed by atoms with van der Waals surface area (Å²) in [5.74, 6) is 0. The van der Waals surface area contributed by atoms with Gasteiger partial charge in [-0.1, -0.05) is 12.2 Å². The SMILES string of the molecule is S=C1CCCc2c[nH]c3ncnc1c23. The van der Waals surface area contributed by atoms with E-state index in [-0.39, 0.29) is 0 Å². The number of hydrogen-bond acceptors (Lipinski definition) is 3. The van der Waals surface area contributed by atoms with Gasteiger partial charge in [0.05, 0.1) is 5.69 Å². The van der Waals surface area contributed by atoms with Gasteiger partial charge in [-0.2, -0.15) is 0 Å². The van der Waals surface area contributed by atoms with Crippen LogP contribution in [0.2, 0.25) is 0 Å². The normalized spacial score (nSPS) is 15.9. The molecule has 0 amide bonds. The Kier molecular flexibility index (Phi) is 1.64. The van der Waals surface area contributed by atoms with Gasteiger partial charge in [0.1, 0.15) is 12.0 Å². The number of hydrogen-bond donors (Lipinski definition) is 1. The van der Waals surface area contributed by atoms with Crippen LogP contribution in [0.15, 0.2) is 12.5 Å². The lowest BCUT2D eigenvalue weighted by Gasteiger charge is -1.99. The molecule has 0 fully saturated rings. The van der Waals surface area contributed by atoms with Gasteiger partial charge in [0.25, 0.3) is 0 Å². The van der Waals surface area contributed by atoms with Gasteiger partial charge >= 0.3 is 0 Å². The van der Waals surface area contributed by atoms with Crippen molar-refractivity contribution in [3.05, 3.63) is 23.8 Å². The van der Waals surface area contributed by atoms with Crippen LogP contribution in [0.1, 0.15) is 24.1 Å². The summed E-state index contributed by atoms with van der Waals surface area (Å²) in [4.78, 5) is 12.6. The van der Waals surface area contributed by atoms with Crippen LogP contribution in [0.5, 0.6) is 0 Å². The van der Waals surface area contributed by atoms with Crippen LogP contribution >= 0.6 is 12.2 Å². The summed E-state index contributed by atoms with van der Waals surface area (Å²) in [5, 5.41) is 1.13. The molecular formula is C10H9N3S. The summed E-state index contributed by atoms with van der Waals surface area (Å²) in [5.41, 5.74) is 3.17. The number of nitrogens with one attached hydrogen (secondary N) is 1. The number of thiocarbonyl (C=S) groups is 1. The minimum absolute atomic E-state index is 0.911. The van der Waals surface area contributed by atoms with E-state index in [9.17, 15) is 0 Å². The van der Waals surface area contributed by atoms with Crippen molar-refractivity contribution in [2.45, 2.75) is 19.3 Å². The summed E-state index contributed by atoms with van der Waals surface area (Å²) < 4.78 is 0. The predicted molar refractivity (Wildman–Crippen MR) is 58.5 cm³/mol. The van der Waals surface area contributed by atoms with Crippen molar-refractivity contribution >= 4 is 28.1 Å². The first-order valence-electron chi connectivity index (χ1n) is 4.70. The molecule has 0 unspecified atom stereocenters. The van der Waals surface area contributed by atoms with E-state index < -0.39 is 0 Å². The van der Waals surface area contributed by atoms with Crippen molar-refractivity contribution in [2.75, 3.05) is 0 Å². The molecule has 0 radical (unpaired) electrons. The average molecular weight is 203 g/mol. The molecule has 0 saturated heterocycles. The number of H-pyrrole nitrogens is 1. The van der Waals surface area contributed by atoms with Gasteiger partial charge in [0, 0.05) is 16.4 Å². The molecule has 0 aliphatic heterocycles. The lowest BCUT2D eigenvalue weighted by molar-refractivity contribution is 0.883. The second-order valence-electron chi connectivity index (χ2n) is 3.54. The van der Waals surface area contributed by atoms with Crippen LogP contribution < -0.4 is 0 Å². The van der Waals surface area contributed by atoms with Crippen LogP contribution in [-0.4, -0.2) is 19.8 Å². The first-order valence-corrected chi connectivity index (χ1v) is 5.11. The minimum Gasteiger partial charge on any atom is -0.346 e. The smallest absolute Gasteiger partial charge is 0.141 e. The molecule has 3 rings (SSSR count). The van der Waals surface area contributed by atoms with Crippen molar-refractivity contribution in [1.29, 1.82) is 0 Å². The Balaban J connectivity index is 2.44. The number of aryl methyl sites for hydroxylation is 1. The third-order valence-electron chi connectivity index (χ3n) is 2.67. The molecule has 14 heavy (non-hydrogen) atoms. The van der Waals surface area contributed by atoms with Crippen LogP contribution in [0.25, 0.3) is 11.0 Å². The van der Waals surface area contributed by atoms with E-state index in [1.165, 1.54) is 5.56 Å². The number of nitrogens with zero attached hydrogens (tertiary/aromatic N) is 2. The molecule has 0 atom stereocenters. The first-order chi connectivity index (χ1) is 6.86. The van der Waals surface area contributed by atoms with Gasteiger partial charge in [-0.3, -0.25) is 0 Å². The highest BCUT2D eigenvalue weighted by atomic mass is 32.1. The van der Waals surface area contributed by atoms with Crippen LogP contribution in [-0.2, 0) is 6.42 Å². The van der Waals surface area contributed by atoms with Gasteiger partial charge in [-0.25, -0.2) is 9.97 Å². The summed E-state index contributed by atoms with van der Waals surface area (Å²) in [6, 6.07) is 0. The Morgan fingerprint density at radius 3 is 3.14 bits per heavy atom. The van der Waals surface area contributed by atoms with Crippen molar-refractivity contribution in [2.24, 2.45) is 0 Å². The maximum Gasteiger partial charge on any atom is 0.141 e. The Bertz CT molecular complexity index is 515. The second-order valence-corrected chi connectivity index (χ2v) is 4.03. The maximum atomic E-state index is 5.34. The highest BCUT2D eigenvalue weighted by Gasteiger charge is 2.17. The Morgan fingerprint density at radius 1 is 1.29 bits per heavy atom. The summed E-state index contributed by atoms with van der Waals surface area (Å²) in [6.07, 6.45) is 6.76. The molecule has 3 nitrogen and oxygen atoms in total. The molecule has 0 bridgehead atoms. The zero-order valence-electron chi connectivity index (χ0n) is 7.58. The molecule has 0 spiro atoms. The van der Waals surface area contributed by atoms with Gasteiger partial charge in [-0.05, 0) is 24.8 Å². The molecule has 4 heteroatoms. The molecular weight excluding hydrogens is 194 g/mol. The molecule has 2 aromatic heterocycles. The number of rotatable bonds is 0. The summed E-state index contributed by atoms with van der Waals surface area (Å²) in [6.45, 7) is 0. The Morgan fingerprint density at radius 2 is 2.21 bits per heavy atom. The molecule has 1 aliphatic rings. The molecule has 0 saturated carbocycles. The molecule has 70 valence electrons. The minimum atomic E-state index is 0.911. The lowest BCUT2D eigenvalue weighted by Crippen LogP contribution is -2.00. The van der Waals surface area contributed by atoms with E-state index in [0.29, 0.717) is 0 Å². The molecule has 0 aromatic carbocycles. The summed E-state index contributed by atoms with van der Waals surface area (Å²) >= 11 is 5.34. The van der Waals surface area contributed by atoms with E-state index in [0.717, 1.165) is 40.9 Å². The van der Waals surface area contributed by atoms with E-state index in [2.05, 4.69) is 15.0 Å². The van der Waals surface area contributed by atoms with Gasteiger partial charge in [-0.15, -0.1) is 0 Å². The Labute approximate surface area is 86.6 Å². The van der Waals surface area contributed by atoms with Crippen LogP contribution in [0, 0.1) is 0 Å². The standard InChI is InChI=1S/C10H9N3S/c14-7-3-1-2-6-4-11-10-8(6)9(7)12-5-13-10/h4-5H,1-3H2,(H,11,12,13). The quantitative estimate of drug-likeness (QED) is 0.666. The van der Waals surface area contributed by atoms with Gasteiger partial charge < -0.3 is 4.98 Å². The zero-order valence-corrected chi connectivity index (χ0v) is 8.40. The fraction of sp³-hybridized carbons (Fsp3) is 0.300. The number of aromatic nitrogens is 3. The van der Waals surface area contributed by atoms with E-state index in [4.69, 9.17) is 12.2 Å². The third-order valence-corrected chi connectivity index (χ3v) is 3.06. The van der Waals surface area contributed by atoms with Crippen LogP contribution in [0.4, 0.5) is 0 Å². The van der Waals surface area contributed by atoms with Crippen molar-refractivity contribution in [1.82, 2.24) is 15.0 Å². The third kappa shape index (κ3) is 1.00. The van der Waals surface area contributed by atoms with E-state index in [1.54, 1.807) is 6.33 Å². The van der Waals surface area contributed by atoms with Crippen molar-refractivity contribution in [3.63, 3.8) is 0 Å². The first kappa shape index (κ1) is 8.05. The van der Waals surface area contributed by atoms with E-state index >= 15 is 0 Å². The van der Waals surface area contributed by atoms with E-state index in [1.807, 2.05) is 6.20 Å². The largest absolute Gasteiger partial charge is 0.346 e. The molecule has 1 N–H and O–H groups in total. The monoisotopic (exact) mass is 203 g/mol. The van der Waals surface area contributed by atoms with Gasteiger partial charge in [0.15, 0.2) is 0 Å². The number of aromatic amines is 1. The molecule has 2 heterocycles. The topological polar surface area (TPSA) is 41.6 Å². The summed E-state index contributed by atoms with van der Waals surface area (Å²) in [7, 11) is 0. The van der Waals surface area contributed by atoms with Gasteiger partial charge in [0.2, 0.25) is 0 Å². The molecule has 1 aliphatic carbocycles. The average Bonchev–Trinajstić information content (AvgIpc) is 2.53. The van der Waals surface area contributed by atoms with Crippen LogP contribution in [0.3, 0.4) is 0 Å². The predicted octanol–water partition coefficient (Wildman–Crippen LogP) is 2.01. The van der Waals surface area contributed by atoms with Crippen molar-refractivity contribution < 1.29 is 0 Å². The van der Waals surface area contributed by atoms with Crippen molar-refractivity contribution in [3.8, 4) is 0 Å². The maximum absolute atomic E-state index is 5.34. The fourth-order valence-corrected chi connectivity index (χ4v) is 2.29. The fourth-order valence-electron chi connectivity index (χ4n) is 1.99. The Hall–Kier alpha value is -1.29.